The number of thioether (sulfide) groups is 1. The van der Waals surface area contributed by atoms with Gasteiger partial charge >= 0.3 is 0 Å². The van der Waals surface area contributed by atoms with Crippen LogP contribution >= 0.6 is 11.8 Å². The minimum absolute atomic E-state index is 0.194. The van der Waals surface area contributed by atoms with Crippen molar-refractivity contribution in [2.75, 3.05) is 19.1 Å². The lowest BCUT2D eigenvalue weighted by Crippen LogP contribution is -2.25. The third kappa shape index (κ3) is 3.07. The van der Waals surface area contributed by atoms with Crippen LogP contribution in [0, 0.1) is 0 Å². The normalized spacial score (nSPS) is 15.4. The smallest absolute Gasteiger partial charge is 0.160 e. The van der Waals surface area contributed by atoms with E-state index in [1.165, 1.54) is 18.0 Å². The van der Waals surface area contributed by atoms with E-state index in [0.717, 1.165) is 0 Å². The van der Waals surface area contributed by atoms with E-state index in [1.807, 2.05) is 0 Å². The molecule has 0 aromatic heterocycles. The highest BCUT2D eigenvalue weighted by Gasteiger charge is 2.16. The lowest BCUT2D eigenvalue weighted by atomic mass is 10.8. The topological polar surface area (TPSA) is 60.2 Å². The van der Waals surface area contributed by atoms with E-state index < -0.39 is 14.4 Å². The van der Waals surface area contributed by atoms with Gasteiger partial charge in [0.05, 0.1) is 0 Å². The molecule has 0 amide bonds. The molecule has 0 heterocycles. The number of sulfone groups is 1. The minimum atomic E-state index is -2.93. The summed E-state index contributed by atoms with van der Waals surface area (Å²) in [7, 11) is -2.93. The van der Waals surface area contributed by atoms with E-state index in [9.17, 15) is 8.42 Å². The first-order valence-electron chi connectivity index (χ1n) is 2.44. The Labute approximate surface area is 59.9 Å². The van der Waals surface area contributed by atoms with Crippen molar-refractivity contribution in [3.8, 4) is 0 Å². The fourth-order valence-electron chi connectivity index (χ4n) is 0.446. The Morgan fingerprint density at radius 1 is 1.67 bits per heavy atom. The zero-order valence-electron chi connectivity index (χ0n) is 5.49. The average molecular weight is 169 g/mol. The summed E-state index contributed by atoms with van der Waals surface area (Å²) in [5, 5.41) is 0. The van der Waals surface area contributed by atoms with Crippen LogP contribution in [-0.4, -0.2) is 32.1 Å². The summed E-state index contributed by atoms with van der Waals surface area (Å²) in [6.45, 7) is 0.194. The first-order valence-corrected chi connectivity index (χ1v) is 5.68. The summed E-state index contributed by atoms with van der Waals surface area (Å²) in [6, 6.07) is 0. The third-order valence-electron chi connectivity index (χ3n) is 0.933. The minimum Gasteiger partial charge on any atom is -0.328 e. The highest BCUT2D eigenvalue weighted by molar-refractivity contribution is 8.12. The maximum absolute atomic E-state index is 10.7. The zero-order chi connectivity index (χ0) is 7.49. The largest absolute Gasteiger partial charge is 0.328 e. The molecule has 0 aliphatic carbocycles. The third-order valence-corrected chi connectivity index (χ3v) is 4.42. The Bertz CT molecular complexity index is 159. The Balaban J connectivity index is 4.14. The van der Waals surface area contributed by atoms with Crippen LogP contribution in [0.15, 0.2) is 0 Å². The number of hydrogen-bond donors (Lipinski definition) is 1. The van der Waals surface area contributed by atoms with Crippen molar-refractivity contribution in [2.24, 2.45) is 5.73 Å². The maximum atomic E-state index is 10.7. The Morgan fingerprint density at radius 3 is 2.11 bits per heavy atom. The Kier molecular flexibility index (Phi) is 3.53. The molecule has 1 unspecified atom stereocenters. The molecule has 0 aliphatic heterocycles. The van der Waals surface area contributed by atoms with E-state index in [2.05, 4.69) is 0 Å². The molecule has 0 saturated heterocycles. The predicted molar refractivity (Wildman–Crippen MR) is 41.2 cm³/mol. The van der Waals surface area contributed by atoms with Gasteiger partial charge in [0.15, 0.2) is 9.84 Å². The molecule has 0 aromatic carbocycles. The predicted octanol–water partition coefficient (Wildman–Crippen LogP) is -0.321. The van der Waals surface area contributed by atoms with Crippen molar-refractivity contribution >= 4 is 21.6 Å². The summed E-state index contributed by atoms with van der Waals surface area (Å²) in [5.74, 6) is 0. The first-order chi connectivity index (χ1) is 4.02. The van der Waals surface area contributed by atoms with Gasteiger partial charge in [-0.15, -0.1) is 11.8 Å². The molecule has 0 aliphatic rings. The molecule has 0 spiro atoms. The fourth-order valence-corrected chi connectivity index (χ4v) is 2.39. The second-order valence-corrected chi connectivity index (χ2v) is 5.30. The van der Waals surface area contributed by atoms with E-state index in [1.54, 1.807) is 6.26 Å². The molecule has 0 aromatic rings. The molecule has 5 heteroatoms. The van der Waals surface area contributed by atoms with Crippen LogP contribution in [0.5, 0.6) is 0 Å². The fraction of sp³-hybridized carbons (Fsp3) is 1.00. The highest BCUT2D eigenvalue weighted by Crippen LogP contribution is 2.10. The lowest BCUT2D eigenvalue weighted by Gasteiger charge is -2.07. The lowest BCUT2D eigenvalue weighted by molar-refractivity contribution is 0.599. The molecular formula is C4H11NO2S2. The van der Waals surface area contributed by atoms with Gasteiger partial charge in [0, 0.05) is 12.8 Å². The van der Waals surface area contributed by atoms with Crippen molar-refractivity contribution in [3.05, 3.63) is 0 Å². The van der Waals surface area contributed by atoms with Crippen molar-refractivity contribution < 1.29 is 8.42 Å². The molecule has 3 nitrogen and oxygen atoms in total. The van der Waals surface area contributed by atoms with Gasteiger partial charge < -0.3 is 5.73 Å². The summed E-state index contributed by atoms with van der Waals surface area (Å²) in [4.78, 5) is 0. The van der Waals surface area contributed by atoms with E-state index in [0.29, 0.717) is 0 Å². The van der Waals surface area contributed by atoms with E-state index in [-0.39, 0.29) is 6.54 Å². The second-order valence-electron chi connectivity index (χ2n) is 1.73. The van der Waals surface area contributed by atoms with Crippen molar-refractivity contribution in [3.63, 3.8) is 0 Å². The molecule has 1 atom stereocenters. The molecule has 2 N–H and O–H groups in total. The van der Waals surface area contributed by atoms with Crippen LogP contribution in [-0.2, 0) is 9.84 Å². The zero-order valence-corrected chi connectivity index (χ0v) is 7.13. The summed E-state index contributed by atoms with van der Waals surface area (Å²) < 4.78 is 21.0. The van der Waals surface area contributed by atoms with Gasteiger partial charge in [0.1, 0.15) is 4.58 Å². The first kappa shape index (κ1) is 9.26. The van der Waals surface area contributed by atoms with Crippen LogP contribution in [0.1, 0.15) is 0 Å². The van der Waals surface area contributed by atoms with Gasteiger partial charge in [-0.05, 0) is 6.26 Å². The van der Waals surface area contributed by atoms with Gasteiger partial charge in [0.2, 0.25) is 0 Å². The molecule has 0 bridgehead atoms. The molecule has 0 fully saturated rings. The molecule has 56 valence electrons. The van der Waals surface area contributed by atoms with Crippen LogP contribution in [0.2, 0.25) is 0 Å². The molecule has 0 rings (SSSR count). The van der Waals surface area contributed by atoms with Crippen LogP contribution in [0.3, 0.4) is 0 Å². The maximum Gasteiger partial charge on any atom is 0.160 e. The SMILES string of the molecule is CSC(CN)S(C)(=O)=O. The second kappa shape index (κ2) is 3.43. The standard InChI is InChI=1S/C4H11NO2S2/c1-8-4(3-5)9(2,6)7/h4H,3,5H2,1-2H3. The van der Waals surface area contributed by atoms with Crippen molar-refractivity contribution in [1.29, 1.82) is 0 Å². The average Bonchev–Trinajstić information content (AvgIpc) is 1.65. The van der Waals surface area contributed by atoms with Crippen molar-refractivity contribution in [2.45, 2.75) is 4.58 Å². The van der Waals surface area contributed by atoms with Crippen LogP contribution in [0.25, 0.3) is 0 Å². The summed E-state index contributed by atoms with van der Waals surface area (Å²) in [5.41, 5.74) is 5.17. The van der Waals surface area contributed by atoms with Gasteiger partial charge in [-0.1, -0.05) is 0 Å². The molecule has 0 radical (unpaired) electrons. The monoisotopic (exact) mass is 169 g/mol. The number of nitrogens with two attached hydrogens (primary N) is 1. The van der Waals surface area contributed by atoms with E-state index >= 15 is 0 Å². The van der Waals surface area contributed by atoms with E-state index in [4.69, 9.17) is 5.73 Å². The van der Waals surface area contributed by atoms with Crippen molar-refractivity contribution in [1.82, 2.24) is 0 Å². The number of hydrogen-bond acceptors (Lipinski definition) is 4. The molecular weight excluding hydrogens is 158 g/mol. The van der Waals surface area contributed by atoms with Gasteiger partial charge in [-0.3, -0.25) is 0 Å². The van der Waals surface area contributed by atoms with Crippen LogP contribution < -0.4 is 5.73 Å². The molecule has 9 heavy (non-hydrogen) atoms. The van der Waals surface area contributed by atoms with Gasteiger partial charge in [0.25, 0.3) is 0 Å². The molecule has 0 saturated carbocycles. The van der Waals surface area contributed by atoms with Crippen LogP contribution in [0.4, 0.5) is 0 Å². The Hall–Kier alpha value is 0.260. The Morgan fingerprint density at radius 2 is 2.11 bits per heavy atom. The van der Waals surface area contributed by atoms with Gasteiger partial charge in [-0.2, -0.15) is 0 Å². The van der Waals surface area contributed by atoms with Gasteiger partial charge in [-0.25, -0.2) is 8.42 Å². The highest BCUT2D eigenvalue weighted by atomic mass is 32.3. The summed E-state index contributed by atoms with van der Waals surface area (Å²) >= 11 is 1.26. The number of rotatable bonds is 3. The quantitative estimate of drug-likeness (QED) is 0.629. The summed E-state index contributed by atoms with van der Waals surface area (Å²) in [6.07, 6.45) is 2.93.